The van der Waals surface area contributed by atoms with Crippen molar-refractivity contribution >= 4 is 49.7 Å². The first-order valence-corrected chi connectivity index (χ1v) is 20.0. The van der Waals surface area contributed by atoms with Gasteiger partial charge in [0.15, 0.2) is 5.58 Å². The number of benzene rings is 8. The average Bonchev–Trinajstić information content (AvgIpc) is 3.77. The molecule has 10 rings (SSSR count). The largest absolute Gasteiger partial charge is 0.454 e. The van der Waals surface area contributed by atoms with Crippen molar-refractivity contribution in [3.8, 4) is 33.4 Å². The molecule has 0 bridgehead atoms. The molecule has 1 aliphatic rings. The molecule has 0 radical (unpaired) electrons. The average molecular weight is 746 g/mol. The van der Waals surface area contributed by atoms with Crippen LogP contribution in [0.3, 0.4) is 0 Å². The Kier molecular flexibility index (Phi) is 8.57. The number of nitrogens with zero attached hydrogens (tertiary/aromatic N) is 1. The maximum Gasteiger partial charge on any atom is 0.159 e. The molecule has 0 saturated heterocycles. The Balaban J connectivity index is 1.04. The first kappa shape index (κ1) is 35.3. The van der Waals surface area contributed by atoms with E-state index in [0.29, 0.717) is 0 Å². The van der Waals surface area contributed by atoms with Gasteiger partial charge in [-0.25, -0.2) is 0 Å². The normalized spacial score (nSPS) is 13.5. The highest BCUT2D eigenvalue weighted by Crippen LogP contribution is 2.49. The van der Waals surface area contributed by atoms with Crippen LogP contribution in [-0.2, 0) is 5.41 Å². The molecule has 2 heteroatoms. The predicted molar refractivity (Wildman–Crippen MR) is 247 cm³/mol. The van der Waals surface area contributed by atoms with Crippen LogP contribution in [0.25, 0.3) is 71.7 Å². The predicted octanol–water partition coefficient (Wildman–Crippen LogP) is 15.7. The van der Waals surface area contributed by atoms with Gasteiger partial charge in [0.05, 0.1) is 5.69 Å². The molecule has 2 nitrogen and oxygen atoms in total. The number of hydrogen-bond donors (Lipinski definition) is 0. The Morgan fingerprint density at radius 1 is 0.552 bits per heavy atom. The van der Waals surface area contributed by atoms with Gasteiger partial charge in [0.2, 0.25) is 0 Å². The lowest BCUT2D eigenvalue weighted by Crippen LogP contribution is -2.15. The Bertz CT molecular complexity index is 3120. The van der Waals surface area contributed by atoms with Crippen molar-refractivity contribution in [2.45, 2.75) is 26.2 Å². The molecule has 278 valence electrons. The minimum absolute atomic E-state index is 0.0585. The second-order valence-electron chi connectivity index (χ2n) is 15.9. The van der Waals surface area contributed by atoms with Gasteiger partial charge in [-0.15, -0.1) is 0 Å². The fourth-order valence-corrected chi connectivity index (χ4v) is 8.88. The molecule has 9 aromatic rings. The monoisotopic (exact) mass is 745 g/mol. The van der Waals surface area contributed by atoms with Crippen molar-refractivity contribution in [1.82, 2.24) is 0 Å². The number of rotatable bonds is 8. The van der Waals surface area contributed by atoms with E-state index in [4.69, 9.17) is 4.42 Å². The van der Waals surface area contributed by atoms with Crippen LogP contribution in [0.5, 0.6) is 0 Å². The zero-order valence-electron chi connectivity index (χ0n) is 33.0. The highest BCUT2D eigenvalue weighted by molar-refractivity contribution is 6.10. The van der Waals surface area contributed by atoms with Crippen molar-refractivity contribution in [2.75, 3.05) is 4.90 Å². The SMILES string of the molecule is C=C/C(=C\C=C(/C)c1cccc(-c2ccc3ccccc3c2)c1)N(c1ccc(-c2ccc3c(c2)C(C)(C)c2ccccc2-3)cc1)c1cccc2c1oc1ccccc12. The highest BCUT2D eigenvalue weighted by Gasteiger charge is 2.35. The van der Waals surface area contributed by atoms with Crippen LogP contribution in [0.4, 0.5) is 11.4 Å². The van der Waals surface area contributed by atoms with Gasteiger partial charge in [0, 0.05) is 27.6 Å². The molecular formula is C56H43NO. The first-order chi connectivity index (χ1) is 28.4. The molecule has 0 N–H and O–H groups in total. The van der Waals surface area contributed by atoms with Crippen molar-refractivity contribution in [2.24, 2.45) is 0 Å². The highest BCUT2D eigenvalue weighted by atomic mass is 16.3. The van der Waals surface area contributed by atoms with Gasteiger partial charge < -0.3 is 9.32 Å². The van der Waals surface area contributed by atoms with Gasteiger partial charge in [-0.1, -0.05) is 160 Å². The van der Waals surface area contributed by atoms with Gasteiger partial charge in [-0.05, 0) is 128 Å². The zero-order valence-corrected chi connectivity index (χ0v) is 33.0. The summed E-state index contributed by atoms with van der Waals surface area (Å²) < 4.78 is 6.62. The Morgan fingerprint density at radius 2 is 1.22 bits per heavy atom. The molecule has 1 heterocycles. The minimum Gasteiger partial charge on any atom is -0.454 e. The third kappa shape index (κ3) is 5.97. The molecule has 0 aliphatic heterocycles. The Labute approximate surface area is 340 Å². The third-order valence-electron chi connectivity index (χ3n) is 12.0. The van der Waals surface area contributed by atoms with E-state index in [2.05, 4.69) is 208 Å². The number of fused-ring (bicyclic) bond motifs is 7. The fourth-order valence-electron chi connectivity index (χ4n) is 8.88. The van der Waals surface area contributed by atoms with Crippen molar-refractivity contribution in [3.05, 3.63) is 223 Å². The van der Waals surface area contributed by atoms with E-state index in [1.165, 1.54) is 60.8 Å². The smallest absolute Gasteiger partial charge is 0.159 e. The second kappa shape index (κ2) is 14.1. The first-order valence-electron chi connectivity index (χ1n) is 20.0. The topological polar surface area (TPSA) is 16.4 Å². The summed E-state index contributed by atoms with van der Waals surface area (Å²) >= 11 is 0. The molecule has 0 amide bonds. The summed E-state index contributed by atoms with van der Waals surface area (Å²) in [6.45, 7) is 11.2. The van der Waals surface area contributed by atoms with E-state index in [1.54, 1.807) is 0 Å². The lowest BCUT2D eigenvalue weighted by Gasteiger charge is -2.26. The summed E-state index contributed by atoms with van der Waals surface area (Å²) in [5, 5.41) is 4.67. The molecule has 0 unspecified atom stereocenters. The van der Waals surface area contributed by atoms with E-state index in [1.807, 2.05) is 18.2 Å². The minimum atomic E-state index is -0.0585. The number of hydrogen-bond acceptors (Lipinski definition) is 2. The molecule has 0 spiro atoms. The van der Waals surface area contributed by atoms with Crippen LogP contribution in [0.15, 0.2) is 211 Å². The molecular weight excluding hydrogens is 703 g/mol. The summed E-state index contributed by atoms with van der Waals surface area (Å²) in [7, 11) is 0. The number of allylic oxidation sites excluding steroid dienone is 4. The summed E-state index contributed by atoms with van der Waals surface area (Å²) in [4.78, 5) is 2.26. The van der Waals surface area contributed by atoms with E-state index in [9.17, 15) is 0 Å². The van der Waals surface area contributed by atoms with E-state index >= 15 is 0 Å². The molecule has 1 aromatic heterocycles. The fraction of sp³-hybridized carbons (Fsp3) is 0.0714. The Hall–Kier alpha value is -7.16. The van der Waals surface area contributed by atoms with E-state index in [0.717, 1.165) is 44.6 Å². The quantitative estimate of drug-likeness (QED) is 0.144. The van der Waals surface area contributed by atoms with Gasteiger partial charge in [-0.2, -0.15) is 0 Å². The van der Waals surface area contributed by atoms with Crippen molar-refractivity contribution in [1.29, 1.82) is 0 Å². The van der Waals surface area contributed by atoms with Crippen LogP contribution in [-0.4, -0.2) is 0 Å². The molecule has 0 saturated carbocycles. The summed E-state index contributed by atoms with van der Waals surface area (Å²) in [5.41, 5.74) is 17.1. The molecule has 58 heavy (non-hydrogen) atoms. The van der Waals surface area contributed by atoms with Gasteiger partial charge in [-0.3, -0.25) is 0 Å². The third-order valence-corrected chi connectivity index (χ3v) is 12.0. The van der Waals surface area contributed by atoms with Crippen LogP contribution < -0.4 is 4.90 Å². The van der Waals surface area contributed by atoms with Crippen molar-refractivity contribution in [3.63, 3.8) is 0 Å². The van der Waals surface area contributed by atoms with Gasteiger partial charge in [0.1, 0.15) is 5.58 Å². The lowest BCUT2D eigenvalue weighted by atomic mass is 9.81. The van der Waals surface area contributed by atoms with Crippen molar-refractivity contribution < 1.29 is 4.42 Å². The number of furan rings is 1. The number of para-hydroxylation sites is 2. The van der Waals surface area contributed by atoms with E-state index in [-0.39, 0.29) is 5.41 Å². The molecule has 1 aliphatic carbocycles. The number of anilines is 2. The summed E-state index contributed by atoms with van der Waals surface area (Å²) in [5.74, 6) is 0. The Morgan fingerprint density at radius 3 is 2.09 bits per heavy atom. The maximum atomic E-state index is 6.62. The zero-order chi connectivity index (χ0) is 39.4. The van der Waals surface area contributed by atoms with Gasteiger partial charge in [0.25, 0.3) is 0 Å². The van der Waals surface area contributed by atoms with Crippen LogP contribution in [0.2, 0.25) is 0 Å². The molecule has 8 aromatic carbocycles. The second-order valence-corrected chi connectivity index (χ2v) is 15.9. The van der Waals surface area contributed by atoms with Gasteiger partial charge >= 0.3 is 0 Å². The molecule has 0 atom stereocenters. The van der Waals surface area contributed by atoms with Crippen LogP contribution >= 0.6 is 0 Å². The summed E-state index contributed by atoms with van der Waals surface area (Å²) in [6.07, 6.45) is 6.30. The van der Waals surface area contributed by atoms with E-state index < -0.39 is 0 Å². The standard InChI is InChI=1S/C56H43NO/c1-5-45(30-24-37(2)40-16-12-17-42(34-40)43-26-25-38-14-6-7-15-41(38)35-43)57(53-22-13-20-50-49-19-9-11-23-54(49)58-55(50)53)46-31-27-39(28-32-46)44-29-33-48-47-18-8-10-21-51(47)56(3,4)52(48)36-44/h5-36H,1H2,2-4H3/b37-24+,45-30+. The van der Waals surface area contributed by atoms with Crippen LogP contribution in [0.1, 0.15) is 37.5 Å². The maximum absolute atomic E-state index is 6.62. The lowest BCUT2D eigenvalue weighted by molar-refractivity contribution is 0.660. The molecule has 0 fully saturated rings. The van der Waals surface area contributed by atoms with Crippen LogP contribution in [0, 0.1) is 0 Å². The summed E-state index contributed by atoms with van der Waals surface area (Å²) in [6, 6.07) is 63.3.